The van der Waals surface area contributed by atoms with Gasteiger partial charge in [0, 0.05) is 12.2 Å². The van der Waals surface area contributed by atoms with E-state index in [-0.39, 0.29) is 12.2 Å². The molecule has 26 heavy (non-hydrogen) atoms. The normalized spacial score (nSPS) is 17.0. The zero-order chi connectivity index (χ0) is 18.5. The third-order valence-electron chi connectivity index (χ3n) is 4.14. The number of rotatable bonds is 6. The maximum absolute atomic E-state index is 12.7. The molecule has 1 heterocycles. The van der Waals surface area contributed by atoms with Crippen molar-refractivity contribution in [2.45, 2.75) is 13.1 Å². The van der Waals surface area contributed by atoms with E-state index in [9.17, 15) is 14.4 Å². The lowest BCUT2D eigenvalue weighted by Crippen LogP contribution is -2.58. The molecule has 132 valence electrons. The highest BCUT2D eigenvalue weighted by Gasteiger charge is 2.41. The zero-order valence-electron chi connectivity index (χ0n) is 14.1. The van der Waals surface area contributed by atoms with Crippen LogP contribution in [-0.2, 0) is 22.7 Å². The van der Waals surface area contributed by atoms with Gasteiger partial charge < -0.3 is 5.32 Å². The molecule has 0 radical (unpaired) electrons. The van der Waals surface area contributed by atoms with Gasteiger partial charge in [-0.2, -0.15) is 0 Å². The molecule has 1 aliphatic rings. The lowest BCUT2D eigenvalue weighted by molar-refractivity contribution is -0.141. The van der Waals surface area contributed by atoms with Gasteiger partial charge in [-0.3, -0.25) is 19.8 Å². The number of barbiturate groups is 1. The van der Waals surface area contributed by atoms with Crippen molar-refractivity contribution >= 4 is 17.8 Å². The van der Waals surface area contributed by atoms with E-state index in [1.807, 2.05) is 60.7 Å². The van der Waals surface area contributed by atoms with Gasteiger partial charge in [0.15, 0.2) is 5.92 Å². The molecular weight excluding hydrogens is 330 g/mol. The van der Waals surface area contributed by atoms with Crippen molar-refractivity contribution in [2.24, 2.45) is 5.92 Å². The molecule has 1 unspecified atom stereocenters. The third-order valence-corrected chi connectivity index (χ3v) is 4.14. The van der Waals surface area contributed by atoms with Crippen LogP contribution in [0.1, 0.15) is 11.1 Å². The predicted molar refractivity (Wildman–Crippen MR) is 96.4 cm³/mol. The lowest BCUT2D eigenvalue weighted by atomic mass is 10.0. The van der Waals surface area contributed by atoms with Gasteiger partial charge in [0.1, 0.15) is 0 Å². The van der Waals surface area contributed by atoms with Gasteiger partial charge >= 0.3 is 6.03 Å². The van der Waals surface area contributed by atoms with Gasteiger partial charge in [-0.15, -0.1) is 0 Å². The summed E-state index contributed by atoms with van der Waals surface area (Å²) in [6.07, 6.45) is 0. The van der Waals surface area contributed by atoms with Crippen LogP contribution in [0.2, 0.25) is 0 Å². The zero-order valence-corrected chi connectivity index (χ0v) is 14.1. The maximum atomic E-state index is 12.7. The average Bonchev–Trinajstić information content (AvgIpc) is 2.65. The second-order valence-corrected chi connectivity index (χ2v) is 6.00. The summed E-state index contributed by atoms with van der Waals surface area (Å²) < 4.78 is 0. The van der Waals surface area contributed by atoms with E-state index in [4.69, 9.17) is 0 Å². The minimum atomic E-state index is -1.14. The van der Waals surface area contributed by atoms with E-state index in [0.717, 1.165) is 16.0 Å². The van der Waals surface area contributed by atoms with E-state index < -0.39 is 23.8 Å². The summed E-state index contributed by atoms with van der Waals surface area (Å²) >= 11 is 0. The van der Waals surface area contributed by atoms with Crippen molar-refractivity contribution in [3.63, 3.8) is 0 Å². The first-order valence-electron chi connectivity index (χ1n) is 8.23. The van der Waals surface area contributed by atoms with Crippen LogP contribution >= 0.6 is 0 Å². The van der Waals surface area contributed by atoms with Crippen LogP contribution in [0.25, 0.3) is 0 Å². The standard InChI is InChI=1S/C20H19N3O3/c1-14(21-12-15-8-4-2-5-9-15)17-18(24)22-20(26)23(19(17)25)13-16-10-6-3-7-11-16/h2-11,17,21H,1,12-13H2,(H,22,24,26). The van der Waals surface area contributed by atoms with Crippen LogP contribution in [-0.4, -0.2) is 22.7 Å². The highest BCUT2D eigenvalue weighted by molar-refractivity contribution is 6.17. The fraction of sp³-hybridized carbons (Fsp3) is 0.150. The highest BCUT2D eigenvalue weighted by atomic mass is 16.2. The molecule has 6 nitrogen and oxygen atoms in total. The van der Waals surface area contributed by atoms with Crippen molar-refractivity contribution in [1.29, 1.82) is 0 Å². The molecule has 0 aliphatic carbocycles. The molecule has 3 rings (SSSR count). The maximum Gasteiger partial charge on any atom is 0.331 e. The molecule has 0 aromatic heterocycles. The van der Waals surface area contributed by atoms with Gasteiger partial charge in [-0.05, 0) is 11.1 Å². The molecule has 4 amide bonds. The Morgan fingerprint density at radius 3 is 2.15 bits per heavy atom. The lowest BCUT2D eigenvalue weighted by Gasteiger charge is -2.31. The van der Waals surface area contributed by atoms with Crippen LogP contribution in [0.4, 0.5) is 4.79 Å². The van der Waals surface area contributed by atoms with Gasteiger partial charge in [0.2, 0.25) is 11.8 Å². The quantitative estimate of drug-likeness (QED) is 0.784. The average molecular weight is 349 g/mol. The SMILES string of the molecule is C=C(NCc1ccccc1)C1C(=O)NC(=O)N(Cc2ccccc2)C1=O. The molecular formula is C20H19N3O3. The molecule has 2 N–H and O–H groups in total. The molecule has 0 bridgehead atoms. The third kappa shape index (κ3) is 3.80. The van der Waals surface area contributed by atoms with Crippen LogP contribution in [0.3, 0.4) is 0 Å². The Hall–Kier alpha value is -3.41. The number of carbonyl (C=O) groups is 3. The Bertz CT molecular complexity index is 834. The largest absolute Gasteiger partial charge is 0.384 e. The Balaban J connectivity index is 1.71. The number of carbonyl (C=O) groups excluding carboxylic acids is 3. The summed E-state index contributed by atoms with van der Waals surface area (Å²) in [5, 5.41) is 5.25. The first-order valence-corrected chi connectivity index (χ1v) is 8.23. The van der Waals surface area contributed by atoms with Crippen LogP contribution in [0, 0.1) is 5.92 Å². The van der Waals surface area contributed by atoms with E-state index in [1.54, 1.807) is 0 Å². The molecule has 6 heteroatoms. The van der Waals surface area contributed by atoms with Crippen molar-refractivity contribution in [1.82, 2.24) is 15.5 Å². The van der Waals surface area contributed by atoms with E-state index in [0.29, 0.717) is 6.54 Å². The van der Waals surface area contributed by atoms with Crippen LogP contribution in [0.15, 0.2) is 72.9 Å². The Morgan fingerprint density at radius 2 is 1.54 bits per heavy atom. The summed E-state index contributed by atoms with van der Waals surface area (Å²) in [6, 6.07) is 18.0. The smallest absolute Gasteiger partial charge is 0.331 e. The molecule has 1 saturated heterocycles. The molecule has 1 aliphatic heterocycles. The fourth-order valence-electron chi connectivity index (χ4n) is 2.75. The van der Waals surface area contributed by atoms with Gasteiger partial charge in [0.25, 0.3) is 0 Å². The first-order chi connectivity index (χ1) is 12.6. The fourth-order valence-corrected chi connectivity index (χ4v) is 2.75. The number of amides is 4. The van der Waals surface area contributed by atoms with E-state index >= 15 is 0 Å². The summed E-state index contributed by atoms with van der Waals surface area (Å²) in [7, 11) is 0. The van der Waals surface area contributed by atoms with Gasteiger partial charge in [0.05, 0.1) is 6.54 Å². The van der Waals surface area contributed by atoms with E-state index in [1.165, 1.54) is 0 Å². The Labute approximate surface area is 151 Å². The second-order valence-electron chi connectivity index (χ2n) is 6.00. The number of nitrogens with zero attached hydrogens (tertiary/aromatic N) is 1. The van der Waals surface area contributed by atoms with Gasteiger partial charge in [-0.25, -0.2) is 4.79 Å². The van der Waals surface area contributed by atoms with Crippen molar-refractivity contribution in [3.8, 4) is 0 Å². The van der Waals surface area contributed by atoms with Crippen LogP contribution < -0.4 is 10.6 Å². The molecule has 1 atom stereocenters. The molecule has 0 saturated carbocycles. The first kappa shape index (κ1) is 17.4. The number of imide groups is 2. The topological polar surface area (TPSA) is 78.5 Å². The Morgan fingerprint density at radius 1 is 0.962 bits per heavy atom. The molecule has 2 aromatic rings. The van der Waals surface area contributed by atoms with Crippen molar-refractivity contribution in [2.75, 3.05) is 0 Å². The number of urea groups is 1. The van der Waals surface area contributed by atoms with Crippen molar-refractivity contribution in [3.05, 3.63) is 84.1 Å². The summed E-state index contributed by atoms with van der Waals surface area (Å²) in [5.41, 5.74) is 2.06. The molecule has 1 fully saturated rings. The molecule has 2 aromatic carbocycles. The predicted octanol–water partition coefficient (Wildman–Crippen LogP) is 2.18. The number of nitrogens with one attached hydrogen (secondary N) is 2. The summed E-state index contributed by atoms with van der Waals surface area (Å²) in [4.78, 5) is 38.1. The monoisotopic (exact) mass is 349 g/mol. The highest BCUT2D eigenvalue weighted by Crippen LogP contribution is 2.19. The second kappa shape index (κ2) is 7.65. The minimum absolute atomic E-state index is 0.0985. The summed E-state index contributed by atoms with van der Waals surface area (Å²) in [5.74, 6) is -2.37. The van der Waals surface area contributed by atoms with Crippen molar-refractivity contribution < 1.29 is 14.4 Å². The number of benzene rings is 2. The van der Waals surface area contributed by atoms with Crippen LogP contribution in [0.5, 0.6) is 0 Å². The molecule has 0 spiro atoms. The minimum Gasteiger partial charge on any atom is -0.384 e. The van der Waals surface area contributed by atoms with Gasteiger partial charge in [-0.1, -0.05) is 67.2 Å². The number of hydrogen-bond donors (Lipinski definition) is 2. The Kier molecular flexibility index (Phi) is 5.12. The number of hydrogen-bond acceptors (Lipinski definition) is 4. The van der Waals surface area contributed by atoms with E-state index in [2.05, 4.69) is 17.2 Å². The summed E-state index contributed by atoms with van der Waals surface area (Å²) in [6.45, 7) is 4.36.